The molecule has 1 aliphatic rings. The van der Waals surface area contributed by atoms with E-state index in [1.165, 1.54) is 0 Å². The van der Waals surface area contributed by atoms with Crippen LogP contribution in [0.5, 0.6) is 11.6 Å². The van der Waals surface area contributed by atoms with E-state index in [1.807, 2.05) is 25.4 Å². The molecular formula is C22H22N8O4. The fourth-order valence-corrected chi connectivity index (χ4v) is 4.08. The molecule has 5 aromatic rings. The molecule has 1 aliphatic heterocycles. The van der Waals surface area contributed by atoms with Crippen molar-refractivity contribution in [2.45, 2.75) is 32.4 Å². The molecule has 0 aromatic carbocycles. The van der Waals surface area contributed by atoms with Crippen LogP contribution in [0.25, 0.3) is 28.3 Å². The fraction of sp³-hybridized carbons (Fsp3) is 0.364. The molecule has 0 saturated carbocycles. The van der Waals surface area contributed by atoms with E-state index < -0.39 is 0 Å². The summed E-state index contributed by atoms with van der Waals surface area (Å²) in [5, 5.41) is 16.9. The molecule has 34 heavy (non-hydrogen) atoms. The van der Waals surface area contributed by atoms with Crippen LogP contribution in [0, 0.1) is 6.92 Å². The predicted molar refractivity (Wildman–Crippen MR) is 119 cm³/mol. The van der Waals surface area contributed by atoms with Crippen molar-refractivity contribution in [2.24, 2.45) is 0 Å². The topological polar surface area (TPSA) is 128 Å². The first-order valence-electron chi connectivity index (χ1n) is 11.0. The van der Waals surface area contributed by atoms with Crippen LogP contribution >= 0.6 is 0 Å². The van der Waals surface area contributed by atoms with Crippen molar-refractivity contribution in [3.05, 3.63) is 42.0 Å². The van der Waals surface area contributed by atoms with Crippen LogP contribution in [0.15, 0.2) is 35.1 Å². The predicted octanol–water partition coefficient (Wildman–Crippen LogP) is 2.77. The van der Waals surface area contributed by atoms with Gasteiger partial charge in [0.2, 0.25) is 5.82 Å². The summed E-state index contributed by atoms with van der Waals surface area (Å²) in [6, 6.07) is 7.66. The maximum Gasteiger partial charge on any atom is 0.275 e. The van der Waals surface area contributed by atoms with Gasteiger partial charge in [-0.3, -0.25) is 0 Å². The molecule has 0 N–H and O–H groups in total. The highest BCUT2D eigenvalue weighted by molar-refractivity contribution is 5.71. The van der Waals surface area contributed by atoms with Crippen molar-refractivity contribution in [3.63, 3.8) is 0 Å². The number of rotatable bonds is 6. The largest absolute Gasteiger partial charge is 0.491 e. The molecule has 12 nitrogen and oxygen atoms in total. The first-order valence-corrected chi connectivity index (χ1v) is 11.0. The van der Waals surface area contributed by atoms with Crippen molar-refractivity contribution >= 4 is 16.8 Å². The molecule has 1 fully saturated rings. The molecule has 0 atom stereocenters. The number of fused-ring (bicyclic) bond motifs is 2. The lowest BCUT2D eigenvalue weighted by atomic mass is 10.1. The lowest BCUT2D eigenvalue weighted by molar-refractivity contribution is 0.0704. The normalized spacial score (nSPS) is 14.8. The Bertz CT molecular complexity index is 1470. The number of methoxy groups -OCH3 is 1. The third kappa shape index (κ3) is 3.61. The van der Waals surface area contributed by atoms with Gasteiger partial charge in [-0.05, 0) is 31.9 Å². The van der Waals surface area contributed by atoms with Gasteiger partial charge in [0.25, 0.3) is 5.88 Å². The molecule has 0 spiro atoms. The number of hydrogen-bond acceptors (Lipinski definition) is 10. The highest BCUT2D eigenvalue weighted by atomic mass is 16.5. The van der Waals surface area contributed by atoms with Gasteiger partial charge < -0.3 is 23.3 Å². The molecule has 6 heterocycles. The van der Waals surface area contributed by atoms with Crippen LogP contribution in [0.2, 0.25) is 0 Å². The van der Waals surface area contributed by atoms with Gasteiger partial charge in [-0.25, -0.2) is 9.97 Å². The van der Waals surface area contributed by atoms with Gasteiger partial charge in [-0.15, -0.1) is 15.3 Å². The third-order valence-electron chi connectivity index (χ3n) is 5.82. The molecule has 0 unspecified atom stereocenters. The zero-order chi connectivity index (χ0) is 23.1. The summed E-state index contributed by atoms with van der Waals surface area (Å²) in [5.74, 6) is 1.84. The van der Waals surface area contributed by atoms with E-state index in [1.54, 1.807) is 23.8 Å². The number of hydrogen-bond donors (Lipinski definition) is 0. The summed E-state index contributed by atoms with van der Waals surface area (Å²) in [7, 11) is 1.55. The van der Waals surface area contributed by atoms with E-state index in [0.717, 1.165) is 42.9 Å². The van der Waals surface area contributed by atoms with Crippen LogP contribution in [0.3, 0.4) is 0 Å². The quantitative estimate of drug-likeness (QED) is 0.371. The van der Waals surface area contributed by atoms with E-state index in [-0.39, 0.29) is 12.5 Å². The van der Waals surface area contributed by atoms with Crippen LogP contribution in [0.1, 0.15) is 30.3 Å². The Morgan fingerprint density at radius 1 is 1.15 bits per heavy atom. The monoisotopic (exact) mass is 462 g/mol. The second-order valence-electron chi connectivity index (χ2n) is 8.06. The molecule has 1 saturated heterocycles. The van der Waals surface area contributed by atoms with Crippen LogP contribution in [-0.2, 0) is 11.3 Å². The average molecular weight is 462 g/mol. The van der Waals surface area contributed by atoms with E-state index in [9.17, 15) is 0 Å². The van der Waals surface area contributed by atoms with Crippen molar-refractivity contribution in [3.8, 4) is 23.1 Å². The second kappa shape index (κ2) is 8.37. The smallest absolute Gasteiger partial charge is 0.275 e. The molecule has 0 aliphatic carbocycles. The second-order valence-corrected chi connectivity index (χ2v) is 8.06. The number of nitrogens with zero attached hydrogens (tertiary/aromatic N) is 8. The van der Waals surface area contributed by atoms with Crippen LogP contribution < -0.4 is 9.47 Å². The van der Waals surface area contributed by atoms with Crippen LogP contribution in [0.4, 0.5) is 0 Å². The minimum atomic E-state index is 0.199. The van der Waals surface area contributed by atoms with Crippen molar-refractivity contribution < 1.29 is 18.7 Å². The summed E-state index contributed by atoms with van der Waals surface area (Å²) >= 11 is 0. The zero-order valence-corrected chi connectivity index (χ0v) is 18.7. The van der Waals surface area contributed by atoms with E-state index >= 15 is 0 Å². The number of pyridine rings is 1. The Kier molecular flexibility index (Phi) is 5.06. The Morgan fingerprint density at radius 3 is 2.82 bits per heavy atom. The number of imidazole rings is 1. The molecule has 5 aromatic heterocycles. The van der Waals surface area contributed by atoms with Gasteiger partial charge in [0, 0.05) is 31.4 Å². The van der Waals surface area contributed by atoms with Gasteiger partial charge in [0.15, 0.2) is 22.7 Å². The number of ether oxygens (including phenoxy) is 3. The molecule has 12 heteroatoms. The lowest BCUT2D eigenvalue weighted by Gasteiger charge is -2.23. The maximum atomic E-state index is 6.03. The summed E-state index contributed by atoms with van der Waals surface area (Å²) in [6.45, 7) is 3.51. The first-order chi connectivity index (χ1) is 16.7. The highest BCUT2D eigenvalue weighted by Crippen LogP contribution is 2.29. The summed E-state index contributed by atoms with van der Waals surface area (Å²) in [5.41, 5.74) is 3.47. The summed E-state index contributed by atoms with van der Waals surface area (Å²) in [4.78, 5) is 9.32. The standard InChI is InChI=1S/C22H22N8O4/c1-13-9-17(28-34-13)21-26-25-19-10-18(31-2)22(27-30(19)21)33-11-14-3-4-16-20(24-14)29(12-23-16)15-5-7-32-8-6-15/h3-4,9-10,12,15H,5-8,11H2,1-2H3. The number of aryl methyl sites for hydroxylation is 1. The summed E-state index contributed by atoms with van der Waals surface area (Å²) in [6.07, 6.45) is 3.75. The fourth-order valence-electron chi connectivity index (χ4n) is 4.08. The van der Waals surface area contributed by atoms with Gasteiger partial charge in [0.1, 0.15) is 17.9 Å². The van der Waals surface area contributed by atoms with Gasteiger partial charge in [-0.1, -0.05) is 5.16 Å². The Balaban J connectivity index is 1.30. The SMILES string of the molecule is COc1cc2nnc(-c3cc(C)on3)n2nc1OCc1ccc2ncn(C3CCOCC3)c2n1. The van der Waals surface area contributed by atoms with Gasteiger partial charge in [0.05, 0.1) is 19.1 Å². The highest BCUT2D eigenvalue weighted by Gasteiger charge is 2.20. The molecule has 0 bridgehead atoms. The van der Waals surface area contributed by atoms with Gasteiger partial charge in [-0.2, -0.15) is 4.52 Å². The maximum absolute atomic E-state index is 6.03. The van der Waals surface area contributed by atoms with Crippen molar-refractivity contribution in [2.75, 3.05) is 20.3 Å². The number of aromatic nitrogens is 8. The molecular weight excluding hydrogens is 440 g/mol. The lowest BCUT2D eigenvalue weighted by Crippen LogP contribution is -2.19. The Hall–Kier alpha value is -4.06. The molecule has 6 rings (SSSR count). The van der Waals surface area contributed by atoms with E-state index in [2.05, 4.69) is 30.0 Å². The third-order valence-corrected chi connectivity index (χ3v) is 5.82. The molecule has 174 valence electrons. The van der Waals surface area contributed by atoms with Gasteiger partial charge >= 0.3 is 0 Å². The minimum absolute atomic E-state index is 0.199. The first kappa shape index (κ1) is 20.5. The average Bonchev–Trinajstić information content (AvgIpc) is 3.60. The molecule has 0 amide bonds. The van der Waals surface area contributed by atoms with Crippen molar-refractivity contribution in [1.29, 1.82) is 0 Å². The Labute approximate surface area is 193 Å². The van der Waals surface area contributed by atoms with E-state index in [0.29, 0.717) is 34.7 Å². The van der Waals surface area contributed by atoms with Crippen LogP contribution in [-0.4, -0.2) is 59.8 Å². The zero-order valence-electron chi connectivity index (χ0n) is 18.7. The molecule has 0 radical (unpaired) electrons. The minimum Gasteiger partial charge on any atom is -0.491 e. The Morgan fingerprint density at radius 2 is 2.03 bits per heavy atom. The van der Waals surface area contributed by atoms with Crippen molar-refractivity contribution in [1.82, 2.24) is 39.5 Å². The van der Waals surface area contributed by atoms with E-state index in [4.69, 9.17) is 23.7 Å². The summed E-state index contributed by atoms with van der Waals surface area (Å²) < 4.78 is 25.8.